The normalized spacial score (nSPS) is 23.8. The number of pyridine rings is 1. The Morgan fingerprint density at radius 3 is 2.51 bits per heavy atom. The standard InChI is InChI=1S/C27H36N6O2/c1-31-12-14-32(15-13-31)20-6-9-22-23(16-20)26(35)33(19-4-7-21(34)8-5-19)25-24(22)17-29-27(30-25)28-11-10-18-2-3-18/h6,9,16-19,21,34H,2-5,7-8,10-15H2,1H3,(H,28,29,30)/t19-,21-. The van der Waals surface area contributed by atoms with Crippen molar-refractivity contribution in [1.82, 2.24) is 19.4 Å². The number of piperazine rings is 1. The molecule has 6 rings (SSSR count). The summed E-state index contributed by atoms with van der Waals surface area (Å²) < 4.78 is 1.91. The van der Waals surface area contributed by atoms with Crippen molar-refractivity contribution in [1.29, 1.82) is 0 Å². The highest BCUT2D eigenvalue weighted by molar-refractivity contribution is 6.05. The van der Waals surface area contributed by atoms with Crippen molar-refractivity contribution in [2.75, 3.05) is 50.0 Å². The molecule has 1 aromatic carbocycles. The number of aromatic nitrogens is 3. The van der Waals surface area contributed by atoms with Crippen LogP contribution in [0.5, 0.6) is 0 Å². The van der Waals surface area contributed by atoms with Gasteiger partial charge in [0, 0.05) is 56.0 Å². The molecule has 186 valence electrons. The Labute approximate surface area is 206 Å². The van der Waals surface area contributed by atoms with E-state index in [4.69, 9.17) is 4.98 Å². The molecule has 8 nitrogen and oxygen atoms in total. The van der Waals surface area contributed by atoms with Crippen LogP contribution in [-0.4, -0.2) is 70.4 Å². The summed E-state index contributed by atoms with van der Waals surface area (Å²) in [5.41, 5.74) is 1.83. The van der Waals surface area contributed by atoms with Gasteiger partial charge in [0.05, 0.1) is 11.5 Å². The molecule has 0 atom stereocenters. The number of fused-ring (bicyclic) bond motifs is 3. The van der Waals surface area contributed by atoms with Gasteiger partial charge in [-0.15, -0.1) is 0 Å². The number of rotatable bonds is 6. The Balaban J connectivity index is 1.44. The molecule has 2 N–H and O–H groups in total. The van der Waals surface area contributed by atoms with Crippen LogP contribution in [0, 0.1) is 5.92 Å². The number of anilines is 2. The van der Waals surface area contributed by atoms with Gasteiger partial charge in [0.1, 0.15) is 5.65 Å². The Morgan fingerprint density at radius 2 is 1.77 bits per heavy atom. The molecule has 1 saturated heterocycles. The van der Waals surface area contributed by atoms with E-state index in [0.717, 1.165) is 92.6 Å². The second kappa shape index (κ2) is 9.39. The summed E-state index contributed by atoms with van der Waals surface area (Å²) in [6.45, 7) is 4.83. The van der Waals surface area contributed by atoms with Gasteiger partial charge in [-0.25, -0.2) is 4.98 Å². The van der Waals surface area contributed by atoms with Gasteiger partial charge in [0.2, 0.25) is 5.95 Å². The molecule has 0 radical (unpaired) electrons. The van der Waals surface area contributed by atoms with Crippen LogP contribution in [0.2, 0.25) is 0 Å². The molecule has 0 unspecified atom stereocenters. The number of aliphatic hydroxyl groups is 1. The van der Waals surface area contributed by atoms with Crippen molar-refractivity contribution < 1.29 is 5.11 Å². The van der Waals surface area contributed by atoms with E-state index < -0.39 is 0 Å². The lowest BCUT2D eigenvalue weighted by Crippen LogP contribution is -2.44. The number of hydrogen-bond acceptors (Lipinski definition) is 7. The molecule has 3 fully saturated rings. The van der Waals surface area contributed by atoms with Gasteiger partial charge in [-0.2, -0.15) is 4.98 Å². The van der Waals surface area contributed by atoms with E-state index in [0.29, 0.717) is 11.6 Å². The summed E-state index contributed by atoms with van der Waals surface area (Å²) >= 11 is 0. The van der Waals surface area contributed by atoms with Crippen molar-refractivity contribution >= 4 is 33.4 Å². The van der Waals surface area contributed by atoms with Crippen molar-refractivity contribution in [2.24, 2.45) is 5.92 Å². The second-order valence-corrected chi connectivity index (χ2v) is 10.7. The maximum atomic E-state index is 14.0. The van der Waals surface area contributed by atoms with Crippen LogP contribution < -0.4 is 15.8 Å². The molecule has 2 aromatic heterocycles. The number of likely N-dealkylation sites (N-methyl/N-ethyl adjacent to an activating group) is 1. The lowest BCUT2D eigenvalue weighted by molar-refractivity contribution is 0.111. The molecule has 0 bridgehead atoms. The maximum absolute atomic E-state index is 14.0. The first kappa shape index (κ1) is 22.7. The summed E-state index contributed by atoms with van der Waals surface area (Å²) in [6, 6.07) is 6.32. The van der Waals surface area contributed by atoms with Crippen molar-refractivity contribution in [3.63, 3.8) is 0 Å². The van der Waals surface area contributed by atoms with Gasteiger partial charge in [-0.1, -0.05) is 18.9 Å². The molecular formula is C27H36N6O2. The van der Waals surface area contributed by atoms with Crippen LogP contribution in [0.4, 0.5) is 11.6 Å². The number of benzene rings is 1. The quantitative estimate of drug-likeness (QED) is 0.528. The molecule has 8 heteroatoms. The van der Waals surface area contributed by atoms with Crippen molar-refractivity contribution in [3.8, 4) is 0 Å². The molecule has 3 heterocycles. The minimum absolute atomic E-state index is 0.0208. The van der Waals surface area contributed by atoms with E-state index in [-0.39, 0.29) is 17.7 Å². The largest absolute Gasteiger partial charge is 0.393 e. The first-order chi connectivity index (χ1) is 17.1. The third-order valence-electron chi connectivity index (χ3n) is 8.17. The van der Waals surface area contributed by atoms with Gasteiger partial charge >= 0.3 is 0 Å². The van der Waals surface area contributed by atoms with Crippen LogP contribution in [0.1, 0.15) is 51.0 Å². The van der Waals surface area contributed by atoms with Gasteiger partial charge in [0.15, 0.2) is 0 Å². The van der Waals surface area contributed by atoms with E-state index in [1.807, 2.05) is 10.8 Å². The molecule has 35 heavy (non-hydrogen) atoms. The van der Waals surface area contributed by atoms with Gasteiger partial charge in [-0.05, 0) is 62.6 Å². The molecule has 3 aromatic rings. The SMILES string of the molecule is CN1CCN(c2ccc3c(c2)c(=O)n([C@H]2CC[C@H](O)CC2)c2nc(NCCC4CC4)ncc32)CC1. The van der Waals surface area contributed by atoms with E-state index in [1.165, 1.54) is 12.8 Å². The lowest BCUT2D eigenvalue weighted by Gasteiger charge is -2.34. The fourth-order valence-electron chi connectivity index (χ4n) is 5.71. The summed E-state index contributed by atoms with van der Waals surface area (Å²) in [4.78, 5) is 28.2. The summed E-state index contributed by atoms with van der Waals surface area (Å²) in [7, 11) is 2.15. The van der Waals surface area contributed by atoms with Crippen molar-refractivity contribution in [2.45, 2.75) is 57.1 Å². The summed E-state index contributed by atoms with van der Waals surface area (Å²) in [5, 5.41) is 16.0. The minimum atomic E-state index is -0.271. The zero-order chi connectivity index (χ0) is 23.9. The van der Waals surface area contributed by atoms with Gasteiger partial charge < -0.3 is 20.2 Å². The minimum Gasteiger partial charge on any atom is -0.393 e. The van der Waals surface area contributed by atoms with Crippen LogP contribution in [0.15, 0.2) is 29.2 Å². The molecule has 2 aliphatic carbocycles. The second-order valence-electron chi connectivity index (χ2n) is 10.7. The zero-order valence-electron chi connectivity index (χ0n) is 20.6. The predicted octanol–water partition coefficient (Wildman–Crippen LogP) is 3.38. The highest BCUT2D eigenvalue weighted by Crippen LogP contribution is 2.34. The third kappa shape index (κ3) is 4.61. The smallest absolute Gasteiger partial charge is 0.260 e. The first-order valence-electron chi connectivity index (χ1n) is 13.3. The lowest BCUT2D eigenvalue weighted by atomic mass is 9.92. The van der Waals surface area contributed by atoms with E-state index >= 15 is 0 Å². The van der Waals surface area contributed by atoms with E-state index in [2.05, 4.69) is 45.3 Å². The monoisotopic (exact) mass is 476 g/mol. The molecular weight excluding hydrogens is 440 g/mol. The fraction of sp³-hybridized carbons (Fsp3) is 0.593. The predicted molar refractivity (Wildman–Crippen MR) is 140 cm³/mol. The van der Waals surface area contributed by atoms with Gasteiger partial charge in [-0.3, -0.25) is 9.36 Å². The number of nitrogens with one attached hydrogen (secondary N) is 1. The summed E-state index contributed by atoms with van der Waals surface area (Å²) in [6.07, 6.45) is 8.42. The average Bonchev–Trinajstić information content (AvgIpc) is 3.70. The molecule has 0 spiro atoms. The number of hydrogen-bond donors (Lipinski definition) is 2. The van der Waals surface area contributed by atoms with Crippen molar-refractivity contribution in [3.05, 3.63) is 34.7 Å². The molecule has 0 amide bonds. The van der Waals surface area contributed by atoms with Crippen LogP contribution in [0.25, 0.3) is 21.8 Å². The highest BCUT2D eigenvalue weighted by atomic mass is 16.3. The Morgan fingerprint density at radius 1 is 1.00 bits per heavy atom. The molecule has 2 saturated carbocycles. The number of nitrogens with zero attached hydrogens (tertiary/aromatic N) is 5. The van der Waals surface area contributed by atoms with Crippen LogP contribution in [-0.2, 0) is 0 Å². The third-order valence-corrected chi connectivity index (χ3v) is 8.17. The maximum Gasteiger partial charge on any atom is 0.260 e. The van der Waals surface area contributed by atoms with Gasteiger partial charge in [0.25, 0.3) is 5.56 Å². The Kier molecular flexibility index (Phi) is 6.10. The average molecular weight is 477 g/mol. The van der Waals surface area contributed by atoms with E-state index in [1.54, 1.807) is 0 Å². The molecule has 1 aliphatic heterocycles. The van der Waals surface area contributed by atoms with Crippen LogP contribution >= 0.6 is 0 Å². The van der Waals surface area contributed by atoms with Crippen LogP contribution in [0.3, 0.4) is 0 Å². The summed E-state index contributed by atoms with van der Waals surface area (Å²) in [5.74, 6) is 1.43. The number of aliphatic hydroxyl groups excluding tert-OH is 1. The highest BCUT2D eigenvalue weighted by Gasteiger charge is 2.26. The fourth-order valence-corrected chi connectivity index (χ4v) is 5.71. The first-order valence-corrected chi connectivity index (χ1v) is 13.3. The topological polar surface area (TPSA) is 86.5 Å². The van der Waals surface area contributed by atoms with E-state index in [9.17, 15) is 9.90 Å². The Bertz CT molecular complexity index is 1270. The zero-order valence-corrected chi connectivity index (χ0v) is 20.6. The Hall–Kier alpha value is -2.71. The molecule has 3 aliphatic rings.